The van der Waals surface area contributed by atoms with Gasteiger partial charge in [-0.1, -0.05) is 11.8 Å². The van der Waals surface area contributed by atoms with Crippen molar-refractivity contribution in [3.63, 3.8) is 0 Å². The Morgan fingerprint density at radius 1 is 0.923 bits per heavy atom. The fraction of sp³-hybridized carbons (Fsp3) is 0.214. The van der Waals surface area contributed by atoms with Crippen LogP contribution in [0.2, 0.25) is 0 Å². The van der Waals surface area contributed by atoms with Gasteiger partial charge in [0, 0.05) is 11.3 Å². The van der Waals surface area contributed by atoms with E-state index in [1.54, 1.807) is 39.7 Å². The Morgan fingerprint density at radius 3 is 2.26 bits per heavy atom. The molecule has 1 amide bonds. The van der Waals surface area contributed by atoms with Crippen LogP contribution in [0.15, 0.2) is 77.0 Å². The fourth-order valence-corrected chi connectivity index (χ4v) is 4.38. The number of ether oxygens (including phenoxy) is 4. The lowest BCUT2D eigenvalue weighted by Crippen LogP contribution is -2.20. The minimum atomic E-state index is -0.288. The lowest BCUT2D eigenvalue weighted by Gasteiger charge is -2.11. The molecule has 3 aromatic carbocycles. The predicted octanol–water partition coefficient (Wildman–Crippen LogP) is 4.60. The maximum atomic E-state index is 12.6. The van der Waals surface area contributed by atoms with Crippen molar-refractivity contribution in [1.82, 2.24) is 20.2 Å². The molecule has 0 atom stereocenters. The Balaban J connectivity index is 1.48. The third-order valence-corrected chi connectivity index (χ3v) is 6.46. The first-order valence-electron chi connectivity index (χ1n) is 12.1. The standard InChI is InChI=1S/C28H29N5O5S/c1-5-38-24-15-6-19(16-25(24)37-4)17-29-30-26(34)18-39-28-32-31-27(20-7-11-22(35-2)12-8-20)33(28)21-9-13-23(36-3)14-10-21/h6-17H,5,18H2,1-4H3,(H,30,34). The molecule has 202 valence electrons. The fourth-order valence-electron chi connectivity index (χ4n) is 3.63. The van der Waals surface area contributed by atoms with Gasteiger partial charge in [0.2, 0.25) is 0 Å². The Labute approximate surface area is 231 Å². The van der Waals surface area contributed by atoms with E-state index in [0.717, 1.165) is 28.3 Å². The van der Waals surface area contributed by atoms with Crippen LogP contribution in [0, 0.1) is 0 Å². The molecule has 4 aromatic rings. The molecule has 0 aliphatic rings. The zero-order valence-corrected chi connectivity index (χ0v) is 22.9. The highest BCUT2D eigenvalue weighted by Crippen LogP contribution is 2.30. The maximum Gasteiger partial charge on any atom is 0.250 e. The minimum absolute atomic E-state index is 0.0842. The molecule has 0 spiro atoms. The SMILES string of the molecule is CCOc1ccc(C=NNC(=O)CSc2nnc(-c3ccc(OC)cc3)n2-c2ccc(OC)cc2)cc1OC. The average Bonchev–Trinajstić information content (AvgIpc) is 3.41. The monoisotopic (exact) mass is 547 g/mol. The highest BCUT2D eigenvalue weighted by Gasteiger charge is 2.17. The number of hydrazone groups is 1. The second-order valence-corrected chi connectivity index (χ2v) is 8.94. The summed E-state index contributed by atoms with van der Waals surface area (Å²) in [6.45, 7) is 2.44. The van der Waals surface area contributed by atoms with Crippen molar-refractivity contribution in [3.05, 3.63) is 72.3 Å². The van der Waals surface area contributed by atoms with Crippen LogP contribution in [-0.4, -0.2) is 60.6 Å². The van der Waals surface area contributed by atoms with E-state index in [4.69, 9.17) is 18.9 Å². The number of hydrogen-bond donors (Lipinski definition) is 1. The molecule has 0 aliphatic carbocycles. The van der Waals surface area contributed by atoms with Gasteiger partial charge in [-0.25, -0.2) is 5.43 Å². The number of nitrogens with zero attached hydrogens (tertiary/aromatic N) is 4. The second kappa shape index (κ2) is 13.3. The summed E-state index contributed by atoms with van der Waals surface area (Å²) in [5, 5.41) is 13.4. The van der Waals surface area contributed by atoms with Crippen LogP contribution in [0.4, 0.5) is 0 Å². The number of methoxy groups -OCH3 is 3. The van der Waals surface area contributed by atoms with Crippen LogP contribution < -0.4 is 24.4 Å². The van der Waals surface area contributed by atoms with Crippen LogP contribution in [0.1, 0.15) is 12.5 Å². The number of thioether (sulfide) groups is 1. The van der Waals surface area contributed by atoms with Crippen molar-refractivity contribution in [2.45, 2.75) is 12.1 Å². The van der Waals surface area contributed by atoms with E-state index in [9.17, 15) is 4.79 Å². The van der Waals surface area contributed by atoms with E-state index >= 15 is 0 Å². The number of nitrogens with one attached hydrogen (secondary N) is 1. The van der Waals surface area contributed by atoms with E-state index < -0.39 is 0 Å². The molecule has 10 nitrogen and oxygen atoms in total. The number of amides is 1. The molecule has 1 heterocycles. The first kappa shape index (κ1) is 27.5. The van der Waals surface area contributed by atoms with Crippen LogP contribution >= 0.6 is 11.8 Å². The van der Waals surface area contributed by atoms with Gasteiger partial charge in [0.05, 0.1) is 39.9 Å². The van der Waals surface area contributed by atoms with Gasteiger partial charge in [0.15, 0.2) is 22.5 Å². The summed E-state index contributed by atoms with van der Waals surface area (Å²) in [5.41, 5.74) is 4.99. The zero-order valence-electron chi connectivity index (χ0n) is 22.1. The molecule has 0 bridgehead atoms. The zero-order chi connectivity index (χ0) is 27.6. The van der Waals surface area contributed by atoms with Gasteiger partial charge < -0.3 is 18.9 Å². The highest BCUT2D eigenvalue weighted by molar-refractivity contribution is 7.99. The van der Waals surface area contributed by atoms with Crippen molar-refractivity contribution < 1.29 is 23.7 Å². The summed E-state index contributed by atoms with van der Waals surface area (Å²) in [6.07, 6.45) is 1.54. The highest BCUT2D eigenvalue weighted by atomic mass is 32.2. The topological polar surface area (TPSA) is 109 Å². The van der Waals surface area contributed by atoms with Crippen molar-refractivity contribution in [3.8, 4) is 40.1 Å². The smallest absolute Gasteiger partial charge is 0.250 e. The van der Waals surface area contributed by atoms with Crippen molar-refractivity contribution >= 4 is 23.9 Å². The summed E-state index contributed by atoms with van der Waals surface area (Å²) in [4.78, 5) is 12.6. The Hall–Kier alpha value is -4.51. The summed E-state index contributed by atoms with van der Waals surface area (Å²) < 4.78 is 23.3. The van der Waals surface area contributed by atoms with E-state index in [-0.39, 0.29) is 11.7 Å². The molecule has 0 saturated carbocycles. The third kappa shape index (κ3) is 6.88. The number of carbonyl (C=O) groups excluding carboxylic acids is 1. The quantitative estimate of drug-likeness (QED) is 0.156. The van der Waals surface area contributed by atoms with Gasteiger partial charge in [-0.3, -0.25) is 9.36 Å². The van der Waals surface area contributed by atoms with E-state index in [1.165, 1.54) is 11.8 Å². The molecule has 11 heteroatoms. The summed E-state index contributed by atoms with van der Waals surface area (Å²) in [7, 11) is 4.81. The van der Waals surface area contributed by atoms with Gasteiger partial charge >= 0.3 is 0 Å². The van der Waals surface area contributed by atoms with Gasteiger partial charge in [0.25, 0.3) is 5.91 Å². The van der Waals surface area contributed by atoms with Crippen LogP contribution in [0.25, 0.3) is 17.1 Å². The van der Waals surface area contributed by atoms with Crippen molar-refractivity contribution in [2.75, 3.05) is 33.7 Å². The molecule has 1 N–H and O–H groups in total. The average molecular weight is 548 g/mol. The molecule has 1 aromatic heterocycles. The van der Waals surface area contributed by atoms with E-state index in [2.05, 4.69) is 20.7 Å². The maximum absolute atomic E-state index is 12.6. The number of aromatic nitrogens is 3. The van der Waals surface area contributed by atoms with Crippen LogP contribution in [0.3, 0.4) is 0 Å². The summed E-state index contributed by atoms with van der Waals surface area (Å²) >= 11 is 1.25. The normalized spacial score (nSPS) is 10.9. The number of rotatable bonds is 12. The third-order valence-electron chi connectivity index (χ3n) is 5.53. The van der Waals surface area contributed by atoms with Crippen molar-refractivity contribution in [1.29, 1.82) is 0 Å². The Kier molecular flexibility index (Phi) is 9.41. The number of benzene rings is 3. The number of carbonyl (C=O) groups is 1. The first-order valence-corrected chi connectivity index (χ1v) is 13.0. The van der Waals surface area contributed by atoms with Gasteiger partial charge in [-0.15, -0.1) is 10.2 Å². The molecule has 0 saturated heterocycles. The van der Waals surface area contributed by atoms with Gasteiger partial charge in [-0.2, -0.15) is 5.10 Å². The summed E-state index contributed by atoms with van der Waals surface area (Å²) in [5.74, 6) is 3.14. The lowest BCUT2D eigenvalue weighted by molar-refractivity contribution is -0.118. The lowest BCUT2D eigenvalue weighted by atomic mass is 10.2. The Bertz CT molecular complexity index is 1420. The molecular weight excluding hydrogens is 518 g/mol. The summed E-state index contributed by atoms with van der Waals surface area (Å²) in [6, 6.07) is 20.5. The second-order valence-electron chi connectivity index (χ2n) is 7.99. The van der Waals surface area contributed by atoms with E-state index in [1.807, 2.05) is 66.1 Å². The molecule has 0 unspecified atom stereocenters. The predicted molar refractivity (Wildman–Crippen MR) is 151 cm³/mol. The Morgan fingerprint density at radius 2 is 1.62 bits per heavy atom. The van der Waals surface area contributed by atoms with E-state index in [0.29, 0.717) is 29.1 Å². The first-order chi connectivity index (χ1) is 19.1. The molecule has 4 rings (SSSR count). The largest absolute Gasteiger partial charge is 0.497 e. The van der Waals surface area contributed by atoms with Crippen LogP contribution in [0.5, 0.6) is 23.0 Å². The molecular formula is C28H29N5O5S. The molecule has 0 radical (unpaired) electrons. The van der Waals surface area contributed by atoms with Crippen LogP contribution in [-0.2, 0) is 4.79 Å². The molecule has 0 aliphatic heterocycles. The van der Waals surface area contributed by atoms with Gasteiger partial charge in [0.1, 0.15) is 11.5 Å². The molecule has 39 heavy (non-hydrogen) atoms. The molecule has 0 fully saturated rings. The van der Waals surface area contributed by atoms with Gasteiger partial charge in [-0.05, 0) is 79.2 Å². The minimum Gasteiger partial charge on any atom is -0.497 e. The number of hydrogen-bond acceptors (Lipinski definition) is 9. The van der Waals surface area contributed by atoms with Crippen molar-refractivity contribution in [2.24, 2.45) is 5.10 Å².